The summed E-state index contributed by atoms with van der Waals surface area (Å²) in [5.41, 5.74) is 3.82. The Hall–Kier alpha value is -7.73. The van der Waals surface area contributed by atoms with Crippen LogP contribution in [0.3, 0.4) is 0 Å². The summed E-state index contributed by atoms with van der Waals surface area (Å²) < 4.78 is 37.6. The Kier molecular flexibility index (Phi) is 18.4. The maximum absolute atomic E-state index is 15.1. The Morgan fingerprint density at radius 3 is 2.41 bits per heavy atom. The van der Waals surface area contributed by atoms with Gasteiger partial charge in [-0.2, -0.15) is 0 Å². The lowest BCUT2D eigenvalue weighted by molar-refractivity contribution is -0.384. The first-order valence-corrected chi connectivity index (χ1v) is 25.7. The minimum absolute atomic E-state index is 0.00266. The predicted octanol–water partition coefficient (Wildman–Crippen LogP) is 11.4. The zero-order chi connectivity index (χ0) is 53.6. The number of fused-ring (bicyclic) bond motifs is 3. The van der Waals surface area contributed by atoms with Gasteiger partial charge >= 0.3 is 12.2 Å². The van der Waals surface area contributed by atoms with E-state index in [2.05, 4.69) is 24.6 Å². The van der Waals surface area contributed by atoms with Gasteiger partial charge in [0, 0.05) is 49.3 Å². The molecule has 400 valence electrons. The highest BCUT2D eigenvalue weighted by Crippen LogP contribution is 2.62. The van der Waals surface area contributed by atoms with Gasteiger partial charge in [-0.1, -0.05) is 78.7 Å². The maximum Gasteiger partial charge on any atom is 0.417 e. The van der Waals surface area contributed by atoms with Crippen molar-refractivity contribution in [2.45, 2.75) is 82.3 Å². The van der Waals surface area contributed by atoms with E-state index in [1.807, 2.05) is 48.5 Å². The summed E-state index contributed by atoms with van der Waals surface area (Å²) in [5, 5.41) is 41.3. The largest absolute Gasteiger partial charge is 0.497 e. The number of carbonyl (C=O) groups excluding carboxylic acids is 2. The molecule has 17 heteroatoms. The van der Waals surface area contributed by atoms with Gasteiger partial charge in [-0.05, 0) is 114 Å². The number of oxime groups is 1. The Bertz CT molecular complexity index is 2920. The van der Waals surface area contributed by atoms with Crippen molar-refractivity contribution in [3.05, 3.63) is 167 Å². The molecule has 2 amide bonds. The summed E-state index contributed by atoms with van der Waals surface area (Å²) in [6.45, 7) is 8.05. The van der Waals surface area contributed by atoms with E-state index in [-0.39, 0.29) is 69.3 Å². The van der Waals surface area contributed by atoms with Gasteiger partial charge in [-0.15, -0.1) is 13.2 Å². The van der Waals surface area contributed by atoms with Crippen molar-refractivity contribution < 1.29 is 58.0 Å². The van der Waals surface area contributed by atoms with E-state index in [1.165, 1.54) is 26.4 Å². The third-order valence-corrected chi connectivity index (χ3v) is 14.4. The molecule has 0 radical (unpaired) electrons. The highest BCUT2D eigenvalue weighted by Gasteiger charge is 2.66. The van der Waals surface area contributed by atoms with Crippen LogP contribution in [0.1, 0.15) is 74.0 Å². The molecule has 6 atom stereocenters. The lowest BCUT2D eigenvalue weighted by Crippen LogP contribution is -2.70. The minimum atomic E-state index is -1.65. The minimum Gasteiger partial charge on any atom is -0.497 e. The molecular formula is C59H66N4O13. The van der Waals surface area contributed by atoms with E-state index in [0.29, 0.717) is 79.2 Å². The van der Waals surface area contributed by atoms with Crippen LogP contribution in [0.5, 0.6) is 23.0 Å². The van der Waals surface area contributed by atoms with E-state index in [0.717, 1.165) is 27.5 Å². The lowest BCUT2D eigenvalue weighted by atomic mass is 9.55. The Morgan fingerprint density at radius 1 is 0.908 bits per heavy atom. The number of unbranched alkanes of at least 4 members (excludes halogenated alkanes) is 2. The summed E-state index contributed by atoms with van der Waals surface area (Å²) in [6.07, 6.45) is 8.49. The van der Waals surface area contributed by atoms with Crippen LogP contribution in [0.2, 0.25) is 0 Å². The van der Waals surface area contributed by atoms with Crippen LogP contribution in [0.4, 0.5) is 21.0 Å². The zero-order valence-corrected chi connectivity index (χ0v) is 43.0. The van der Waals surface area contributed by atoms with Gasteiger partial charge in [-0.3, -0.25) is 20.3 Å². The first-order valence-electron chi connectivity index (χ1n) is 25.7. The number of benzene rings is 5. The average molecular weight is 1040 g/mol. The van der Waals surface area contributed by atoms with Crippen molar-refractivity contribution in [2.24, 2.45) is 22.9 Å². The highest BCUT2D eigenvalue weighted by molar-refractivity contribution is 6.03. The predicted molar refractivity (Wildman–Crippen MR) is 288 cm³/mol. The van der Waals surface area contributed by atoms with Crippen molar-refractivity contribution >= 4 is 40.0 Å². The second-order valence-electron chi connectivity index (χ2n) is 19.0. The van der Waals surface area contributed by atoms with Gasteiger partial charge in [0.1, 0.15) is 35.6 Å². The molecule has 5 aromatic carbocycles. The van der Waals surface area contributed by atoms with Crippen molar-refractivity contribution in [2.75, 3.05) is 46.0 Å². The molecule has 1 fully saturated rings. The SMILES string of the molecule is C=CCCOC(=O)N(Cc1cccc2ccccc12)[C@H]1CC(=NOCc2ccc([N+](=O)[O-])cc2)C2=C[C@H](CCCCO)[C@@H](CCCCO)[C@@H]3c4cc(OC(=O)Nc5ccc(OC)cc5OC)ccc4O[C@@]1(OCC=C)[C@H]23. The summed E-state index contributed by atoms with van der Waals surface area (Å²) in [6, 6.07) is 29.2. The standard InChI is InChI=1S/C59H66N4O13/c1-5-7-32-72-58(67)62(37-42-18-14-17-40-15-8-9-19-46(40)42)54-36-51(61-74-38-39-21-23-43(24-22-39)63(68)69)48-33-41(16-10-12-29-64)47(20-11-13-30-65)55-49-34-45(26-28-52(49)76-59(54,56(48)55)73-31-6-2)75-57(66)60-50-27-25-44(70-3)35-53(50)71-4/h5-6,8-9,14-15,17-19,21-28,33-35,41,47,54-56,64-65H,1-2,7,10-13,16,20,29-32,36-38H2,3-4H3,(H,60,66)/t41-,47+,54-,55+,56+,59+/m0/s1. The number of nitro benzene ring substituents is 1. The average Bonchev–Trinajstić information content (AvgIpc) is 3.44. The highest BCUT2D eigenvalue weighted by atomic mass is 16.7. The lowest BCUT2D eigenvalue weighted by Gasteiger charge is -2.59. The normalized spacial score (nSPS) is 20.7. The summed E-state index contributed by atoms with van der Waals surface area (Å²) in [4.78, 5) is 47.8. The fourth-order valence-electron chi connectivity index (χ4n) is 11.0. The molecule has 0 aromatic heterocycles. The van der Waals surface area contributed by atoms with E-state index >= 15 is 4.79 Å². The molecule has 17 nitrogen and oxygen atoms in total. The Balaban J connectivity index is 1.32. The smallest absolute Gasteiger partial charge is 0.417 e. The van der Waals surface area contributed by atoms with Crippen molar-refractivity contribution in [1.82, 2.24) is 4.90 Å². The van der Waals surface area contributed by atoms with Gasteiger partial charge < -0.3 is 43.5 Å². The van der Waals surface area contributed by atoms with Crippen molar-refractivity contribution in [3.8, 4) is 23.0 Å². The number of amides is 2. The van der Waals surface area contributed by atoms with Gasteiger partial charge in [0.05, 0.1) is 56.2 Å². The molecule has 1 heterocycles. The number of aliphatic hydroxyl groups is 2. The second kappa shape index (κ2) is 25.7. The molecule has 2 aliphatic carbocycles. The van der Waals surface area contributed by atoms with Crippen LogP contribution >= 0.6 is 0 Å². The molecule has 3 aliphatic rings. The van der Waals surface area contributed by atoms with E-state index in [4.69, 9.17) is 38.4 Å². The number of allylic oxidation sites excluding steroid dienone is 1. The molecule has 8 rings (SSSR count). The number of carbonyl (C=O) groups is 2. The molecule has 5 aromatic rings. The number of methoxy groups -OCH3 is 2. The van der Waals surface area contributed by atoms with Crippen LogP contribution in [-0.4, -0.2) is 90.4 Å². The van der Waals surface area contributed by atoms with Gasteiger partial charge in [-0.25, -0.2) is 9.59 Å². The second-order valence-corrected chi connectivity index (χ2v) is 19.0. The summed E-state index contributed by atoms with van der Waals surface area (Å²) in [7, 11) is 3.02. The monoisotopic (exact) mass is 1040 g/mol. The number of hydrogen-bond donors (Lipinski definition) is 3. The van der Waals surface area contributed by atoms with Crippen LogP contribution in [0, 0.1) is 27.9 Å². The molecule has 3 N–H and O–H groups in total. The van der Waals surface area contributed by atoms with Crippen molar-refractivity contribution in [3.63, 3.8) is 0 Å². The first-order chi connectivity index (χ1) is 37.1. The number of rotatable bonds is 25. The molecule has 0 spiro atoms. The summed E-state index contributed by atoms with van der Waals surface area (Å²) >= 11 is 0. The third-order valence-electron chi connectivity index (χ3n) is 14.4. The van der Waals surface area contributed by atoms with E-state index in [1.54, 1.807) is 59.5 Å². The molecule has 0 unspecified atom stereocenters. The molecule has 0 bridgehead atoms. The van der Waals surface area contributed by atoms with Crippen LogP contribution in [0.25, 0.3) is 10.8 Å². The van der Waals surface area contributed by atoms with E-state index in [9.17, 15) is 25.1 Å². The van der Waals surface area contributed by atoms with Crippen molar-refractivity contribution in [1.29, 1.82) is 0 Å². The number of nitro groups is 1. The first kappa shape index (κ1) is 54.5. The fourth-order valence-corrected chi connectivity index (χ4v) is 11.0. The number of anilines is 1. The number of non-ortho nitro benzene ring substituents is 1. The molecular weight excluding hydrogens is 973 g/mol. The van der Waals surface area contributed by atoms with Gasteiger partial charge in [0.15, 0.2) is 0 Å². The third kappa shape index (κ3) is 12.2. The number of hydrogen-bond acceptors (Lipinski definition) is 14. The molecule has 76 heavy (non-hydrogen) atoms. The topological polar surface area (TPSA) is 210 Å². The molecule has 1 aliphatic heterocycles. The molecule has 1 saturated carbocycles. The summed E-state index contributed by atoms with van der Waals surface area (Å²) in [5.74, 6) is -1.49. The van der Waals surface area contributed by atoms with Gasteiger partial charge in [0.25, 0.3) is 5.69 Å². The quantitative estimate of drug-likeness (QED) is 0.0215. The maximum atomic E-state index is 15.1. The molecule has 0 saturated heterocycles. The Morgan fingerprint density at radius 2 is 1.67 bits per heavy atom. The fraction of sp³-hybridized carbons (Fsp3) is 0.373. The number of aliphatic hydroxyl groups excluding tert-OH is 2. The van der Waals surface area contributed by atoms with Crippen LogP contribution in [0.15, 0.2) is 145 Å². The van der Waals surface area contributed by atoms with Gasteiger partial charge in [0.2, 0.25) is 5.79 Å². The number of ether oxygens (including phenoxy) is 6. The zero-order valence-electron chi connectivity index (χ0n) is 43.0. The number of nitrogens with zero attached hydrogens (tertiary/aromatic N) is 3. The Labute approximate surface area is 442 Å². The van der Waals surface area contributed by atoms with Crippen LogP contribution < -0.4 is 24.3 Å². The number of nitrogens with one attached hydrogen (secondary N) is 1. The van der Waals surface area contributed by atoms with E-state index < -0.39 is 40.8 Å². The van der Waals surface area contributed by atoms with Crippen LogP contribution in [-0.2, 0) is 27.5 Å².